The molecule has 0 amide bonds. The Kier molecular flexibility index (Phi) is 3.14. The Morgan fingerprint density at radius 2 is 2.27 bits per heavy atom. The molecule has 0 aliphatic rings. The number of nitrogens with one attached hydrogen (secondary N) is 2. The summed E-state index contributed by atoms with van der Waals surface area (Å²) in [6.07, 6.45) is 0. The molecule has 2 nitrogen and oxygen atoms in total. The maximum absolute atomic E-state index is 5.91. The normalized spacial score (nSPS) is 10.9. The van der Waals surface area contributed by atoms with Crippen molar-refractivity contribution < 1.29 is 0 Å². The van der Waals surface area contributed by atoms with Gasteiger partial charge in [0.05, 0.1) is 14.9 Å². The first-order chi connectivity index (χ1) is 7.20. The van der Waals surface area contributed by atoms with Crippen LogP contribution in [-0.4, -0.2) is 12.0 Å². The fraction of sp³-hybridized carbons (Fsp3) is 0.273. The van der Waals surface area contributed by atoms with Gasteiger partial charge in [-0.25, -0.2) is 0 Å². The van der Waals surface area contributed by atoms with E-state index in [9.17, 15) is 0 Å². The van der Waals surface area contributed by atoms with Crippen molar-refractivity contribution in [2.75, 3.05) is 7.05 Å². The summed E-state index contributed by atoms with van der Waals surface area (Å²) in [6.45, 7) is 2.98. The minimum atomic E-state index is 0.826. The van der Waals surface area contributed by atoms with Crippen LogP contribution in [0.25, 0.3) is 10.6 Å². The molecule has 0 aliphatic heterocycles. The molecule has 0 saturated heterocycles. The van der Waals surface area contributed by atoms with Crippen LogP contribution < -0.4 is 5.32 Å². The van der Waals surface area contributed by atoms with Crippen LogP contribution in [0.2, 0.25) is 4.34 Å². The second-order valence-corrected chi connectivity index (χ2v) is 5.18. The minimum Gasteiger partial charge on any atom is -0.358 e. The van der Waals surface area contributed by atoms with Crippen molar-refractivity contribution in [3.8, 4) is 10.6 Å². The predicted molar refractivity (Wildman–Crippen MR) is 66.6 cm³/mol. The van der Waals surface area contributed by atoms with E-state index in [0.717, 1.165) is 16.6 Å². The molecule has 0 spiro atoms. The van der Waals surface area contributed by atoms with Gasteiger partial charge in [0, 0.05) is 12.2 Å². The van der Waals surface area contributed by atoms with E-state index in [1.54, 1.807) is 11.3 Å². The Morgan fingerprint density at radius 1 is 1.47 bits per heavy atom. The number of rotatable bonds is 3. The first-order valence-corrected chi connectivity index (χ1v) is 5.99. The van der Waals surface area contributed by atoms with E-state index >= 15 is 0 Å². The Bertz CT molecular complexity index is 459. The molecule has 15 heavy (non-hydrogen) atoms. The molecular formula is C11H13ClN2S. The van der Waals surface area contributed by atoms with Crippen molar-refractivity contribution in [3.05, 3.63) is 33.8 Å². The molecule has 4 heteroatoms. The molecule has 0 unspecified atom stereocenters. The summed E-state index contributed by atoms with van der Waals surface area (Å²) in [5.41, 5.74) is 3.66. The van der Waals surface area contributed by atoms with Crippen molar-refractivity contribution in [2.24, 2.45) is 0 Å². The van der Waals surface area contributed by atoms with Crippen molar-refractivity contribution in [2.45, 2.75) is 13.5 Å². The number of H-pyrrole nitrogens is 1. The van der Waals surface area contributed by atoms with Gasteiger partial charge in [0.1, 0.15) is 0 Å². The highest BCUT2D eigenvalue weighted by atomic mass is 35.5. The number of hydrogen-bond acceptors (Lipinski definition) is 2. The number of thiophene rings is 1. The molecular weight excluding hydrogens is 228 g/mol. The highest BCUT2D eigenvalue weighted by Gasteiger charge is 2.07. The van der Waals surface area contributed by atoms with Gasteiger partial charge in [-0.1, -0.05) is 11.6 Å². The standard InChI is InChI=1S/C11H13ClN2S/c1-7-8(6-13-2)5-9(14-7)10-3-4-11(12)15-10/h3-5,13-14H,6H2,1-2H3. The molecule has 2 rings (SSSR count). The maximum atomic E-state index is 5.91. The molecule has 2 aromatic heterocycles. The van der Waals surface area contributed by atoms with Crippen LogP contribution in [0.15, 0.2) is 18.2 Å². The first kappa shape index (κ1) is 10.7. The van der Waals surface area contributed by atoms with Gasteiger partial charge in [-0.05, 0) is 37.7 Å². The van der Waals surface area contributed by atoms with Gasteiger partial charge in [-0.2, -0.15) is 0 Å². The smallest absolute Gasteiger partial charge is 0.0935 e. The number of halogens is 1. The molecule has 0 aromatic carbocycles. The number of aryl methyl sites for hydroxylation is 1. The van der Waals surface area contributed by atoms with Crippen LogP contribution in [-0.2, 0) is 6.54 Å². The zero-order valence-corrected chi connectivity index (χ0v) is 10.3. The van der Waals surface area contributed by atoms with Crippen LogP contribution in [0.1, 0.15) is 11.3 Å². The summed E-state index contributed by atoms with van der Waals surface area (Å²) in [5.74, 6) is 0. The van der Waals surface area contributed by atoms with E-state index in [4.69, 9.17) is 11.6 Å². The second-order valence-electron chi connectivity index (χ2n) is 3.47. The third-order valence-corrected chi connectivity index (χ3v) is 3.59. The highest BCUT2D eigenvalue weighted by molar-refractivity contribution is 7.19. The lowest BCUT2D eigenvalue weighted by Crippen LogP contribution is -2.04. The molecule has 0 radical (unpaired) electrons. The van der Waals surface area contributed by atoms with E-state index in [2.05, 4.69) is 23.3 Å². The second kappa shape index (κ2) is 4.39. The average molecular weight is 241 g/mol. The number of hydrogen-bond donors (Lipinski definition) is 2. The lowest BCUT2D eigenvalue weighted by atomic mass is 10.2. The average Bonchev–Trinajstić information content (AvgIpc) is 2.75. The largest absolute Gasteiger partial charge is 0.358 e. The molecule has 0 fully saturated rings. The van der Waals surface area contributed by atoms with Crippen molar-refractivity contribution in [3.63, 3.8) is 0 Å². The van der Waals surface area contributed by atoms with E-state index in [-0.39, 0.29) is 0 Å². The first-order valence-electron chi connectivity index (χ1n) is 4.79. The number of aromatic amines is 1. The Hall–Kier alpha value is -0.770. The zero-order chi connectivity index (χ0) is 10.8. The molecule has 80 valence electrons. The lowest BCUT2D eigenvalue weighted by molar-refractivity contribution is 0.812. The van der Waals surface area contributed by atoms with Crippen LogP contribution in [0.5, 0.6) is 0 Å². The maximum Gasteiger partial charge on any atom is 0.0935 e. The zero-order valence-electron chi connectivity index (χ0n) is 8.73. The minimum absolute atomic E-state index is 0.826. The highest BCUT2D eigenvalue weighted by Crippen LogP contribution is 2.31. The predicted octanol–water partition coefficient (Wildman–Crippen LogP) is 3.42. The third-order valence-electron chi connectivity index (χ3n) is 2.33. The molecule has 2 aromatic rings. The monoisotopic (exact) mass is 240 g/mol. The summed E-state index contributed by atoms with van der Waals surface area (Å²) < 4.78 is 0.826. The molecule has 2 N–H and O–H groups in total. The summed E-state index contributed by atoms with van der Waals surface area (Å²) in [4.78, 5) is 4.56. The quantitative estimate of drug-likeness (QED) is 0.846. The van der Waals surface area contributed by atoms with E-state index in [1.165, 1.54) is 16.1 Å². The van der Waals surface area contributed by atoms with Crippen LogP contribution in [0.3, 0.4) is 0 Å². The third kappa shape index (κ3) is 2.25. The van der Waals surface area contributed by atoms with Crippen LogP contribution in [0, 0.1) is 6.92 Å². The Labute approximate surface area is 98.3 Å². The summed E-state index contributed by atoms with van der Waals surface area (Å²) in [7, 11) is 1.95. The SMILES string of the molecule is CNCc1cc(-c2ccc(Cl)s2)[nH]c1C. The van der Waals surface area contributed by atoms with Gasteiger partial charge in [0.25, 0.3) is 0 Å². The topological polar surface area (TPSA) is 27.8 Å². The van der Waals surface area contributed by atoms with Crippen molar-refractivity contribution in [1.29, 1.82) is 0 Å². The molecule has 2 heterocycles. The fourth-order valence-electron chi connectivity index (χ4n) is 1.57. The van der Waals surface area contributed by atoms with Gasteiger partial charge in [0.15, 0.2) is 0 Å². The van der Waals surface area contributed by atoms with Gasteiger partial charge in [-0.3, -0.25) is 0 Å². The number of aromatic nitrogens is 1. The lowest BCUT2D eigenvalue weighted by Gasteiger charge is -1.95. The van der Waals surface area contributed by atoms with Gasteiger partial charge in [0.2, 0.25) is 0 Å². The van der Waals surface area contributed by atoms with E-state index in [0.29, 0.717) is 0 Å². The summed E-state index contributed by atoms with van der Waals surface area (Å²) in [5, 5.41) is 3.15. The molecule has 0 atom stereocenters. The van der Waals surface area contributed by atoms with Gasteiger partial charge >= 0.3 is 0 Å². The van der Waals surface area contributed by atoms with Gasteiger partial charge < -0.3 is 10.3 Å². The van der Waals surface area contributed by atoms with Crippen LogP contribution in [0.4, 0.5) is 0 Å². The summed E-state index contributed by atoms with van der Waals surface area (Å²) >= 11 is 7.51. The Morgan fingerprint density at radius 3 is 2.87 bits per heavy atom. The molecule has 0 bridgehead atoms. The van der Waals surface area contributed by atoms with Crippen LogP contribution >= 0.6 is 22.9 Å². The summed E-state index contributed by atoms with van der Waals surface area (Å²) in [6, 6.07) is 6.14. The van der Waals surface area contributed by atoms with Gasteiger partial charge in [-0.15, -0.1) is 11.3 Å². The van der Waals surface area contributed by atoms with E-state index in [1.807, 2.05) is 19.2 Å². The molecule has 0 aliphatic carbocycles. The van der Waals surface area contributed by atoms with Crippen molar-refractivity contribution >= 4 is 22.9 Å². The fourth-order valence-corrected chi connectivity index (χ4v) is 2.58. The van der Waals surface area contributed by atoms with E-state index < -0.39 is 0 Å². The Balaban J connectivity index is 2.33. The molecule has 0 saturated carbocycles. The van der Waals surface area contributed by atoms with Crippen molar-refractivity contribution in [1.82, 2.24) is 10.3 Å².